The van der Waals surface area contributed by atoms with Crippen molar-refractivity contribution < 1.29 is 17.0 Å². The quantitative estimate of drug-likeness (QED) is 0.281. The lowest BCUT2D eigenvalue weighted by Crippen LogP contribution is -3.00. The molecule has 5 aromatic rings. The van der Waals surface area contributed by atoms with Crippen molar-refractivity contribution in [3.8, 4) is 0 Å². The van der Waals surface area contributed by atoms with E-state index in [4.69, 9.17) is 0 Å². The number of benzene rings is 4. The van der Waals surface area contributed by atoms with Crippen LogP contribution in [0.5, 0.6) is 0 Å². The van der Waals surface area contributed by atoms with Gasteiger partial charge in [-0.05, 0) is 47.3 Å². The average molecular weight is 529 g/mol. The van der Waals surface area contributed by atoms with Crippen LogP contribution in [0.1, 0.15) is 16.0 Å². The second-order valence-corrected chi connectivity index (χ2v) is 12.5. The van der Waals surface area contributed by atoms with Gasteiger partial charge in [0.25, 0.3) is 0 Å². The summed E-state index contributed by atoms with van der Waals surface area (Å²) in [6.07, 6.45) is 1.99. The van der Waals surface area contributed by atoms with Gasteiger partial charge in [-0.1, -0.05) is 91.0 Å². The van der Waals surface area contributed by atoms with Crippen molar-refractivity contribution in [1.82, 2.24) is 0 Å². The van der Waals surface area contributed by atoms with E-state index in [-0.39, 0.29) is 17.0 Å². The number of halogens is 1. The van der Waals surface area contributed by atoms with Crippen molar-refractivity contribution in [2.24, 2.45) is 0 Å². The third kappa shape index (κ3) is 5.04. The Bertz CT molecular complexity index is 1210. The number of hydrogen-bond acceptors (Lipinski definition) is 1. The lowest BCUT2D eigenvalue weighted by Gasteiger charge is -2.29. The molecule has 33 heavy (non-hydrogen) atoms. The molecule has 164 valence electrons. The molecule has 4 aromatic carbocycles. The van der Waals surface area contributed by atoms with Crippen molar-refractivity contribution in [1.29, 1.82) is 0 Å². The van der Waals surface area contributed by atoms with Crippen LogP contribution in [-0.4, -0.2) is 0 Å². The Kier molecular flexibility index (Phi) is 7.93. The Morgan fingerprint density at radius 1 is 0.545 bits per heavy atom. The monoisotopic (exact) mass is 528 g/mol. The van der Waals surface area contributed by atoms with Crippen molar-refractivity contribution in [3.05, 3.63) is 149 Å². The van der Waals surface area contributed by atoms with Gasteiger partial charge in [-0.2, -0.15) is 0 Å². The standard InChI is InChI=1S/C30H26PS.BrH/c1-4-13-25(14-5-1)24-31(27-16-6-2-7-17-27,28-18-8-3-9-19-28)30-21-11-10-15-26(30)23-29-20-12-22-32-29;/h1-22H,23-24H2;1H/q+1;/p-1. The zero-order valence-electron chi connectivity index (χ0n) is 18.3. The van der Waals surface area contributed by atoms with Crippen molar-refractivity contribution >= 4 is 34.5 Å². The predicted molar refractivity (Wildman–Crippen MR) is 142 cm³/mol. The van der Waals surface area contributed by atoms with Crippen molar-refractivity contribution in [2.45, 2.75) is 12.6 Å². The highest BCUT2D eigenvalue weighted by Gasteiger charge is 2.46. The average Bonchev–Trinajstić information content (AvgIpc) is 3.38. The van der Waals surface area contributed by atoms with Crippen LogP contribution in [0.25, 0.3) is 0 Å². The van der Waals surface area contributed by atoms with E-state index < -0.39 is 7.26 Å². The fourth-order valence-corrected chi connectivity index (χ4v) is 9.77. The molecule has 0 saturated heterocycles. The molecule has 0 aliphatic heterocycles. The van der Waals surface area contributed by atoms with Gasteiger partial charge in [-0.3, -0.25) is 0 Å². The second kappa shape index (κ2) is 11.1. The number of rotatable bonds is 7. The molecule has 0 radical (unpaired) electrons. The molecule has 0 saturated carbocycles. The van der Waals surface area contributed by atoms with E-state index in [1.54, 1.807) is 0 Å². The molecule has 1 aromatic heterocycles. The highest BCUT2D eigenvalue weighted by molar-refractivity contribution is 7.95. The summed E-state index contributed by atoms with van der Waals surface area (Å²) in [7, 11) is -1.93. The van der Waals surface area contributed by atoms with Crippen LogP contribution >= 0.6 is 18.6 Å². The highest BCUT2D eigenvalue weighted by Crippen LogP contribution is 2.58. The summed E-state index contributed by atoms with van der Waals surface area (Å²) in [5, 5.41) is 6.55. The Labute approximate surface area is 212 Å². The molecular formula is C30H26BrPS. The molecule has 0 amide bonds. The Hall–Kier alpha value is -2.51. The molecule has 3 heteroatoms. The molecular weight excluding hydrogens is 503 g/mol. The first-order valence-electron chi connectivity index (χ1n) is 11.0. The molecule has 1 heterocycles. The molecule has 0 N–H and O–H groups in total. The molecule has 0 spiro atoms. The van der Waals surface area contributed by atoms with E-state index in [1.807, 2.05) is 11.3 Å². The SMILES string of the molecule is [Br-].c1ccc(C[P+](c2ccccc2)(c2ccccc2)c2ccccc2Cc2cccs2)cc1. The van der Waals surface area contributed by atoms with Gasteiger partial charge in [0, 0.05) is 16.9 Å². The summed E-state index contributed by atoms with van der Waals surface area (Å²) >= 11 is 1.85. The molecule has 0 atom stereocenters. The minimum Gasteiger partial charge on any atom is -1.00 e. The minimum atomic E-state index is -1.93. The van der Waals surface area contributed by atoms with E-state index in [2.05, 4.69) is 133 Å². The summed E-state index contributed by atoms with van der Waals surface area (Å²) in [6.45, 7) is 0. The first-order chi connectivity index (χ1) is 15.9. The van der Waals surface area contributed by atoms with Gasteiger partial charge in [0.2, 0.25) is 0 Å². The maximum Gasteiger partial charge on any atom is 0.116 e. The van der Waals surface area contributed by atoms with E-state index in [9.17, 15) is 0 Å². The Morgan fingerprint density at radius 3 is 1.67 bits per heavy atom. The van der Waals surface area contributed by atoms with Crippen LogP contribution in [0.2, 0.25) is 0 Å². The third-order valence-electron chi connectivity index (χ3n) is 6.00. The first kappa shape index (κ1) is 23.6. The third-order valence-corrected chi connectivity index (χ3v) is 11.3. The van der Waals surface area contributed by atoms with Crippen LogP contribution < -0.4 is 32.9 Å². The molecule has 0 bridgehead atoms. The van der Waals surface area contributed by atoms with Crippen LogP contribution in [0.3, 0.4) is 0 Å². The largest absolute Gasteiger partial charge is 1.00 e. The number of hydrogen-bond donors (Lipinski definition) is 0. The van der Waals surface area contributed by atoms with Crippen molar-refractivity contribution in [3.63, 3.8) is 0 Å². The minimum absolute atomic E-state index is 0. The molecule has 0 unspecified atom stereocenters. The molecule has 0 aliphatic carbocycles. The van der Waals surface area contributed by atoms with Crippen LogP contribution in [0, 0.1) is 0 Å². The van der Waals surface area contributed by atoms with Gasteiger partial charge < -0.3 is 17.0 Å². The van der Waals surface area contributed by atoms with Gasteiger partial charge in [0.05, 0.1) is 6.16 Å². The smallest absolute Gasteiger partial charge is 0.116 e. The van der Waals surface area contributed by atoms with E-state index in [0.717, 1.165) is 12.6 Å². The normalized spacial score (nSPS) is 11.0. The van der Waals surface area contributed by atoms with Crippen LogP contribution in [0.4, 0.5) is 0 Å². The van der Waals surface area contributed by atoms with Gasteiger partial charge in [0.15, 0.2) is 0 Å². The fourth-order valence-electron chi connectivity index (χ4n) is 4.55. The molecule has 0 fully saturated rings. The van der Waals surface area contributed by atoms with E-state index >= 15 is 0 Å². The van der Waals surface area contributed by atoms with E-state index in [0.29, 0.717) is 0 Å². The molecule has 5 rings (SSSR count). The summed E-state index contributed by atoms with van der Waals surface area (Å²) < 4.78 is 0. The lowest BCUT2D eigenvalue weighted by atomic mass is 10.1. The molecule has 0 aliphatic rings. The number of thiophene rings is 1. The molecule has 0 nitrogen and oxygen atoms in total. The first-order valence-corrected chi connectivity index (χ1v) is 13.9. The van der Waals surface area contributed by atoms with Gasteiger partial charge in [0.1, 0.15) is 23.2 Å². The predicted octanol–water partition coefficient (Wildman–Crippen LogP) is 3.84. The summed E-state index contributed by atoms with van der Waals surface area (Å²) in [5.41, 5.74) is 2.83. The van der Waals surface area contributed by atoms with Gasteiger partial charge in [-0.15, -0.1) is 11.3 Å². The van der Waals surface area contributed by atoms with E-state index in [1.165, 1.54) is 31.9 Å². The topological polar surface area (TPSA) is 0 Å². The van der Waals surface area contributed by atoms with Crippen molar-refractivity contribution in [2.75, 3.05) is 0 Å². The second-order valence-electron chi connectivity index (χ2n) is 8.01. The zero-order valence-corrected chi connectivity index (χ0v) is 21.6. The Morgan fingerprint density at radius 2 is 1.09 bits per heavy atom. The zero-order chi connectivity index (χ0) is 21.6. The summed E-state index contributed by atoms with van der Waals surface area (Å²) in [5.74, 6) is 0. The summed E-state index contributed by atoms with van der Waals surface area (Å²) in [6, 6.07) is 46.9. The van der Waals surface area contributed by atoms with Crippen LogP contribution in [0.15, 0.2) is 133 Å². The fraction of sp³-hybridized carbons (Fsp3) is 0.0667. The van der Waals surface area contributed by atoms with Gasteiger partial charge >= 0.3 is 0 Å². The van der Waals surface area contributed by atoms with Gasteiger partial charge in [-0.25, -0.2) is 0 Å². The van der Waals surface area contributed by atoms with Crippen LogP contribution in [-0.2, 0) is 12.6 Å². The Balaban J connectivity index is 0.00000259. The lowest BCUT2D eigenvalue weighted by molar-refractivity contribution is -0.00000612. The maximum atomic E-state index is 2.39. The highest BCUT2D eigenvalue weighted by atomic mass is 79.9. The summed E-state index contributed by atoms with van der Waals surface area (Å²) in [4.78, 5) is 1.41. The maximum absolute atomic E-state index is 2.39.